The molecule has 2 rings (SSSR count). The molecule has 0 bridgehead atoms. The molecule has 24 heavy (non-hydrogen) atoms. The van der Waals surface area contributed by atoms with E-state index >= 15 is 0 Å². The minimum atomic E-state index is 0.373. The summed E-state index contributed by atoms with van der Waals surface area (Å²) in [6, 6.07) is 11.7. The van der Waals surface area contributed by atoms with Crippen LogP contribution in [0, 0.1) is 6.92 Å². The van der Waals surface area contributed by atoms with Crippen molar-refractivity contribution in [3.8, 4) is 0 Å². The van der Waals surface area contributed by atoms with Crippen LogP contribution in [0.5, 0.6) is 0 Å². The fourth-order valence-corrected chi connectivity index (χ4v) is 2.74. The molecule has 0 fully saturated rings. The maximum Gasteiger partial charge on any atom is 0.136 e. The van der Waals surface area contributed by atoms with Crippen molar-refractivity contribution < 1.29 is 0 Å². The van der Waals surface area contributed by atoms with E-state index in [1.165, 1.54) is 11.4 Å². The van der Waals surface area contributed by atoms with E-state index in [0.717, 1.165) is 24.4 Å². The molecule has 0 saturated heterocycles. The van der Waals surface area contributed by atoms with Crippen molar-refractivity contribution in [2.45, 2.75) is 59.5 Å². The van der Waals surface area contributed by atoms with Gasteiger partial charge in [0.05, 0.1) is 0 Å². The molecule has 0 amide bonds. The summed E-state index contributed by atoms with van der Waals surface area (Å²) in [6.07, 6.45) is 3.83. The van der Waals surface area contributed by atoms with Crippen LogP contribution in [0.3, 0.4) is 0 Å². The van der Waals surface area contributed by atoms with Gasteiger partial charge >= 0.3 is 0 Å². The van der Waals surface area contributed by atoms with E-state index in [2.05, 4.69) is 78.8 Å². The zero-order valence-corrected chi connectivity index (χ0v) is 15.8. The molecule has 4 heteroatoms. The van der Waals surface area contributed by atoms with Crippen molar-refractivity contribution in [3.05, 3.63) is 42.4 Å². The highest BCUT2D eigenvalue weighted by molar-refractivity contribution is 5.64. The Morgan fingerprint density at radius 3 is 2.04 bits per heavy atom. The van der Waals surface area contributed by atoms with Crippen LogP contribution in [0.4, 0.5) is 17.2 Å². The Kier molecular flexibility index (Phi) is 6.18. The molecule has 0 radical (unpaired) electrons. The van der Waals surface area contributed by atoms with Gasteiger partial charge in [-0.05, 0) is 57.9 Å². The quantitative estimate of drug-likeness (QED) is 0.720. The molecular formula is C20H30N4. The zero-order chi connectivity index (χ0) is 17.7. The van der Waals surface area contributed by atoms with Gasteiger partial charge in [-0.1, -0.05) is 13.8 Å². The van der Waals surface area contributed by atoms with Crippen LogP contribution >= 0.6 is 0 Å². The molecule has 0 saturated carbocycles. The molecule has 0 N–H and O–H groups in total. The third-order valence-electron chi connectivity index (χ3n) is 4.85. The largest absolute Gasteiger partial charge is 0.372 e. The maximum absolute atomic E-state index is 4.49. The lowest BCUT2D eigenvalue weighted by Crippen LogP contribution is -2.29. The van der Waals surface area contributed by atoms with Gasteiger partial charge in [-0.15, -0.1) is 0 Å². The highest BCUT2D eigenvalue weighted by Gasteiger charge is 2.17. The van der Waals surface area contributed by atoms with Crippen LogP contribution in [0.25, 0.3) is 0 Å². The van der Waals surface area contributed by atoms with Gasteiger partial charge < -0.3 is 9.80 Å². The van der Waals surface area contributed by atoms with Crippen molar-refractivity contribution in [2.75, 3.05) is 16.8 Å². The number of anilines is 3. The molecule has 130 valence electrons. The van der Waals surface area contributed by atoms with Gasteiger partial charge in [-0.2, -0.15) is 0 Å². The normalized spacial score (nSPS) is 13.4. The van der Waals surface area contributed by atoms with Crippen molar-refractivity contribution in [2.24, 2.45) is 0 Å². The second-order valence-corrected chi connectivity index (χ2v) is 6.53. The molecule has 0 aliphatic rings. The number of hydrogen-bond donors (Lipinski definition) is 0. The zero-order valence-electron chi connectivity index (χ0n) is 15.8. The number of nitrogens with zero attached hydrogens (tertiary/aromatic N) is 4. The van der Waals surface area contributed by atoms with E-state index < -0.39 is 0 Å². The van der Waals surface area contributed by atoms with E-state index in [0.29, 0.717) is 12.1 Å². The third kappa shape index (κ3) is 4.05. The first kappa shape index (κ1) is 18.2. The Balaban J connectivity index is 2.34. The molecule has 2 unspecified atom stereocenters. The Morgan fingerprint density at radius 1 is 0.917 bits per heavy atom. The van der Waals surface area contributed by atoms with Gasteiger partial charge in [0.15, 0.2) is 0 Å². The van der Waals surface area contributed by atoms with Crippen molar-refractivity contribution in [1.82, 2.24) is 9.97 Å². The van der Waals surface area contributed by atoms with Gasteiger partial charge in [0.1, 0.15) is 12.1 Å². The lowest BCUT2D eigenvalue weighted by Gasteiger charge is -2.31. The number of benzene rings is 1. The third-order valence-corrected chi connectivity index (χ3v) is 4.85. The summed E-state index contributed by atoms with van der Waals surface area (Å²) >= 11 is 0. The number of hydrogen-bond acceptors (Lipinski definition) is 4. The fraction of sp³-hybridized carbons (Fsp3) is 0.500. The summed E-state index contributed by atoms with van der Waals surface area (Å²) in [5.41, 5.74) is 3.40. The lowest BCUT2D eigenvalue weighted by molar-refractivity contribution is 0.663. The van der Waals surface area contributed by atoms with E-state index in [4.69, 9.17) is 0 Å². The van der Waals surface area contributed by atoms with E-state index in [9.17, 15) is 0 Å². The molecular weight excluding hydrogens is 296 g/mol. The average molecular weight is 326 g/mol. The van der Waals surface area contributed by atoms with Gasteiger partial charge in [0, 0.05) is 42.3 Å². The van der Waals surface area contributed by atoms with Crippen LogP contribution in [0.2, 0.25) is 0 Å². The molecule has 1 aromatic heterocycles. The van der Waals surface area contributed by atoms with Crippen molar-refractivity contribution >= 4 is 17.2 Å². The predicted octanol–water partition coefficient (Wildman–Crippen LogP) is 4.96. The second kappa shape index (κ2) is 8.13. The Bertz CT molecular complexity index is 638. The first-order chi connectivity index (χ1) is 11.5. The number of aryl methyl sites for hydroxylation is 1. The Hall–Kier alpha value is -2.10. The summed E-state index contributed by atoms with van der Waals surface area (Å²) in [4.78, 5) is 13.3. The molecule has 0 spiro atoms. The first-order valence-corrected chi connectivity index (χ1v) is 8.88. The highest BCUT2D eigenvalue weighted by atomic mass is 15.2. The highest BCUT2D eigenvalue weighted by Crippen LogP contribution is 2.29. The summed E-state index contributed by atoms with van der Waals surface area (Å²) in [6.45, 7) is 10.9. The molecule has 1 aromatic carbocycles. The van der Waals surface area contributed by atoms with E-state index in [1.54, 1.807) is 6.33 Å². The molecule has 4 nitrogen and oxygen atoms in total. The lowest BCUT2D eigenvalue weighted by atomic mass is 10.1. The Morgan fingerprint density at radius 2 is 1.50 bits per heavy atom. The standard InChI is InChI=1S/C20H30N4/c1-7-16(4)23(6)18-9-11-19(12-10-18)24(17(5)8-2)20-13-15(3)21-14-22-20/h9-14,16-17H,7-8H2,1-6H3. The first-order valence-electron chi connectivity index (χ1n) is 8.88. The fourth-order valence-electron chi connectivity index (χ4n) is 2.74. The Labute approximate surface area is 146 Å². The van der Waals surface area contributed by atoms with Gasteiger partial charge in [0.2, 0.25) is 0 Å². The SMILES string of the molecule is CCC(C)N(C)c1ccc(N(c2cc(C)ncn2)C(C)CC)cc1. The van der Waals surface area contributed by atoms with E-state index in [1.807, 2.05) is 13.0 Å². The van der Waals surface area contributed by atoms with Crippen LogP contribution in [0.1, 0.15) is 46.2 Å². The topological polar surface area (TPSA) is 32.3 Å². The summed E-state index contributed by atoms with van der Waals surface area (Å²) in [5.74, 6) is 0.958. The number of rotatable bonds is 7. The molecule has 0 aliphatic carbocycles. The molecule has 1 heterocycles. The van der Waals surface area contributed by atoms with Crippen LogP contribution < -0.4 is 9.80 Å². The summed E-state index contributed by atoms with van der Waals surface area (Å²) in [7, 11) is 2.16. The summed E-state index contributed by atoms with van der Waals surface area (Å²) < 4.78 is 0. The summed E-state index contributed by atoms with van der Waals surface area (Å²) in [5, 5.41) is 0. The number of aromatic nitrogens is 2. The molecule has 2 atom stereocenters. The predicted molar refractivity (Wildman–Crippen MR) is 103 cm³/mol. The van der Waals surface area contributed by atoms with Gasteiger partial charge in [-0.3, -0.25) is 0 Å². The molecule has 2 aromatic rings. The second-order valence-electron chi connectivity index (χ2n) is 6.53. The van der Waals surface area contributed by atoms with Gasteiger partial charge in [-0.25, -0.2) is 9.97 Å². The van der Waals surface area contributed by atoms with Crippen LogP contribution in [0.15, 0.2) is 36.7 Å². The average Bonchev–Trinajstić information content (AvgIpc) is 2.61. The minimum absolute atomic E-state index is 0.373. The smallest absolute Gasteiger partial charge is 0.136 e. The van der Waals surface area contributed by atoms with Crippen LogP contribution in [-0.2, 0) is 0 Å². The minimum Gasteiger partial charge on any atom is -0.372 e. The molecule has 0 aliphatic heterocycles. The van der Waals surface area contributed by atoms with Crippen molar-refractivity contribution in [1.29, 1.82) is 0 Å². The van der Waals surface area contributed by atoms with Gasteiger partial charge in [0.25, 0.3) is 0 Å². The van der Waals surface area contributed by atoms with E-state index in [-0.39, 0.29) is 0 Å². The monoisotopic (exact) mass is 326 g/mol. The van der Waals surface area contributed by atoms with Crippen molar-refractivity contribution in [3.63, 3.8) is 0 Å². The van der Waals surface area contributed by atoms with Crippen LogP contribution in [-0.4, -0.2) is 29.1 Å². The maximum atomic E-state index is 4.49.